The molecule has 2 aromatic rings. The van der Waals surface area contributed by atoms with Crippen LogP contribution in [-0.4, -0.2) is 18.4 Å². The third-order valence-electron chi connectivity index (χ3n) is 4.29. The summed E-state index contributed by atoms with van der Waals surface area (Å²) in [6.45, 7) is 6.37. The van der Waals surface area contributed by atoms with Gasteiger partial charge in [-0.15, -0.1) is 0 Å². The van der Waals surface area contributed by atoms with Gasteiger partial charge in [-0.05, 0) is 42.5 Å². The molecule has 2 rings (SSSR count). The van der Waals surface area contributed by atoms with Gasteiger partial charge in [0, 0.05) is 24.2 Å². The van der Waals surface area contributed by atoms with Crippen molar-refractivity contribution in [3.8, 4) is 0 Å². The van der Waals surface area contributed by atoms with Crippen LogP contribution in [-0.2, 0) is 17.6 Å². The Hall–Kier alpha value is -2.62. The first-order chi connectivity index (χ1) is 12.1. The molecule has 0 spiro atoms. The third kappa shape index (κ3) is 4.92. The van der Waals surface area contributed by atoms with Crippen LogP contribution in [0.2, 0.25) is 0 Å². The molecule has 0 aliphatic carbocycles. The number of carbonyl (C=O) groups is 2. The maximum Gasteiger partial charge on any atom is 0.251 e. The Kier molecular flexibility index (Phi) is 6.75. The maximum atomic E-state index is 12.3. The van der Waals surface area contributed by atoms with Gasteiger partial charge in [0.1, 0.15) is 0 Å². The van der Waals surface area contributed by atoms with Crippen LogP contribution in [0.25, 0.3) is 0 Å². The summed E-state index contributed by atoms with van der Waals surface area (Å²) in [5.74, 6) is -0.227. The van der Waals surface area contributed by atoms with Crippen molar-refractivity contribution in [2.24, 2.45) is 0 Å². The fraction of sp³-hybridized carbons (Fsp3) is 0.333. The van der Waals surface area contributed by atoms with E-state index in [9.17, 15) is 9.59 Å². The maximum absolute atomic E-state index is 12.3. The van der Waals surface area contributed by atoms with Gasteiger partial charge in [0.15, 0.2) is 0 Å². The van der Waals surface area contributed by atoms with E-state index in [1.165, 1.54) is 0 Å². The third-order valence-corrected chi connectivity index (χ3v) is 4.29. The summed E-state index contributed by atoms with van der Waals surface area (Å²) < 4.78 is 0. The van der Waals surface area contributed by atoms with Crippen molar-refractivity contribution in [3.63, 3.8) is 0 Å². The second-order valence-corrected chi connectivity index (χ2v) is 6.03. The molecular weight excluding hydrogens is 312 g/mol. The molecule has 0 heterocycles. The lowest BCUT2D eigenvalue weighted by Gasteiger charge is -2.14. The lowest BCUT2D eigenvalue weighted by atomic mass is 10.0. The summed E-state index contributed by atoms with van der Waals surface area (Å²) in [5.41, 5.74) is 4.76. The van der Waals surface area contributed by atoms with Crippen molar-refractivity contribution < 1.29 is 9.59 Å². The summed E-state index contributed by atoms with van der Waals surface area (Å²) in [7, 11) is 0. The van der Waals surface area contributed by atoms with Crippen LogP contribution in [0.5, 0.6) is 0 Å². The normalized spacial score (nSPS) is 10.4. The van der Waals surface area contributed by atoms with Gasteiger partial charge in [-0.1, -0.05) is 50.2 Å². The molecule has 4 nitrogen and oxygen atoms in total. The van der Waals surface area contributed by atoms with Gasteiger partial charge in [0.25, 0.3) is 5.91 Å². The number of aryl methyl sites for hydroxylation is 3. The molecule has 0 aliphatic heterocycles. The number of rotatable bonds is 7. The average Bonchev–Trinajstić information content (AvgIpc) is 2.62. The molecule has 0 atom stereocenters. The fourth-order valence-corrected chi connectivity index (χ4v) is 2.82. The highest BCUT2D eigenvalue weighted by atomic mass is 16.2. The smallest absolute Gasteiger partial charge is 0.251 e. The highest BCUT2D eigenvalue weighted by Crippen LogP contribution is 2.22. The summed E-state index contributed by atoms with van der Waals surface area (Å²) in [5, 5.41) is 5.83. The van der Waals surface area contributed by atoms with Crippen LogP contribution < -0.4 is 10.6 Å². The number of amides is 2. The molecule has 0 saturated carbocycles. The summed E-state index contributed by atoms with van der Waals surface area (Å²) in [6, 6.07) is 13.5. The average molecular weight is 338 g/mol. The second kappa shape index (κ2) is 9.02. The Bertz CT molecular complexity index is 731. The van der Waals surface area contributed by atoms with E-state index < -0.39 is 0 Å². The number of nitrogens with one attached hydrogen (secondary N) is 2. The lowest BCUT2D eigenvalue weighted by Crippen LogP contribution is -2.28. The summed E-state index contributed by atoms with van der Waals surface area (Å²) in [4.78, 5) is 24.4. The van der Waals surface area contributed by atoms with Gasteiger partial charge in [0.2, 0.25) is 5.91 Å². The first-order valence-corrected chi connectivity index (χ1v) is 8.81. The zero-order valence-electron chi connectivity index (χ0n) is 15.2. The van der Waals surface area contributed by atoms with E-state index in [4.69, 9.17) is 0 Å². The summed E-state index contributed by atoms with van der Waals surface area (Å²) in [6.07, 6.45) is 1.99. The molecule has 0 aliphatic rings. The predicted octanol–water partition coefficient (Wildman–Crippen LogP) is 3.88. The lowest BCUT2D eigenvalue weighted by molar-refractivity contribution is -0.116. The molecule has 0 unspecified atom stereocenters. The number of anilines is 1. The standard InChI is InChI=1S/C21H26N2O2/c1-4-16-10-8-11-17(5-2)20(16)23-19(24)13-14-22-21(25)18-12-7-6-9-15(18)3/h6-12H,4-5,13-14H2,1-3H3,(H,22,25)(H,23,24). The molecular formula is C21H26N2O2. The zero-order valence-corrected chi connectivity index (χ0v) is 15.2. The Balaban J connectivity index is 1.92. The molecule has 2 aromatic carbocycles. The quantitative estimate of drug-likeness (QED) is 0.805. The molecule has 0 saturated heterocycles. The van der Waals surface area contributed by atoms with Crippen LogP contribution in [0.15, 0.2) is 42.5 Å². The number of carbonyl (C=O) groups excluding carboxylic acids is 2. The van der Waals surface area contributed by atoms with Gasteiger partial charge < -0.3 is 10.6 Å². The van der Waals surface area contributed by atoms with Crippen LogP contribution in [0.4, 0.5) is 5.69 Å². The Morgan fingerprint density at radius 3 is 2.16 bits per heavy atom. The van der Waals surface area contributed by atoms with E-state index in [1.54, 1.807) is 6.07 Å². The van der Waals surface area contributed by atoms with E-state index >= 15 is 0 Å². The topological polar surface area (TPSA) is 58.2 Å². The van der Waals surface area contributed by atoms with Gasteiger partial charge >= 0.3 is 0 Å². The molecule has 2 amide bonds. The number of hydrogen-bond donors (Lipinski definition) is 2. The van der Waals surface area contributed by atoms with Crippen molar-refractivity contribution in [1.29, 1.82) is 0 Å². The van der Waals surface area contributed by atoms with E-state index in [0.717, 1.165) is 35.2 Å². The van der Waals surface area contributed by atoms with Crippen molar-refractivity contribution in [2.75, 3.05) is 11.9 Å². The molecule has 0 radical (unpaired) electrons. The zero-order chi connectivity index (χ0) is 18.2. The minimum Gasteiger partial charge on any atom is -0.352 e. The SMILES string of the molecule is CCc1cccc(CC)c1NC(=O)CCNC(=O)c1ccccc1C. The Labute approximate surface area is 149 Å². The van der Waals surface area contributed by atoms with Crippen molar-refractivity contribution in [3.05, 3.63) is 64.7 Å². The molecule has 2 N–H and O–H groups in total. The molecule has 0 fully saturated rings. The Morgan fingerprint density at radius 2 is 1.56 bits per heavy atom. The van der Waals surface area contributed by atoms with E-state index in [1.807, 2.05) is 43.3 Å². The number of benzene rings is 2. The monoisotopic (exact) mass is 338 g/mol. The van der Waals surface area contributed by atoms with E-state index in [-0.39, 0.29) is 18.2 Å². The minimum absolute atomic E-state index is 0.0827. The van der Waals surface area contributed by atoms with Crippen LogP contribution in [0, 0.1) is 6.92 Å². The van der Waals surface area contributed by atoms with Gasteiger partial charge in [-0.25, -0.2) is 0 Å². The molecule has 132 valence electrons. The largest absolute Gasteiger partial charge is 0.352 e. The molecule has 4 heteroatoms. The van der Waals surface area contributed by atoms with Crippen LogP contribution in [0.1, 0.15) is 47.3 Å². The van der Waals surface area contributed by atoms with Crippen LogP contribution >= 0.6 is 0 Å². The highest BCUT2D eigenvalue weighted by molar-refractivity contribution is 5.96. The number of para-hydroxylation sites is 1. The number of hydrogen-bond acceptors (Lipinski definition) is 2. The van der Waals surface area contributed by atoms with Gasteiger partial charge in [0.05, 0.1) is 0 Å². The predicted molar refractivity (Wildman–Crippen MR) is 102 cm³/mol. The van der Waals surface area contributed by atoms with Crippen LogP contribution in [0.3, 0.4) is 0 Å². The van der Waals surface area contributed by atoms with Crippen molar-refractivity contribution in [1.82, 2.24) is 5.32 Å². The first kappa shape index (κ1) is 18.7. The van der Waals surface area contributed by atoms with Crippen molar-refractivity contribution in [2.45, 2.75) is 40.0 Å². The molecule has 25 heavy (non-hydrogen) atoms. The minimum atomic E-state index is -0.144. The van der Waals surface area contributed by atoms with Crippen molar-refractivity contribution >= 4 is 17.5 Å². The second-order valence-electron chi connectivity index (χ2n) is 6.03. The molecule has 0 aromatic heterocycles. The Morgan fingerprint density at radius 1 is 0.920 bits per heavy atom. The molecule has 0 bridgehead atoms. The van der Waals surface area contributed by atoms with Gasteiger partial charge in [-0.2, -0.15) is 0 Å². The summed E-state index contributed by atoms with van der Waals surface area (Å²) >= 11 is 0. The highest BCUT2D eigenvalue weighted by Gasteiger charge is 2.11. The van der Waals surface area contributed by atoms with E-state index in [0.29, 0.717) is 12.1 Å². The first-order valence-electron chi connectivity index (χ1n) is 8.81. The fourth-order valence-electron chi connectivity index (χ4n) is 2.82. The van der Waals surface area contributed by atoms with Gasteiger partial charge in [-0.3, -0.25) is 9.59 Å². The van der Waals surface area contributed by atoms with E-state index in [2.05, 4.69) is 24.5 Å².